The Morgan fingerprint density at radius 2 is 1.02 bits per heavy atom. The van der Waals surface area contributed by atoms with Crippen LogP contribution in [-0.2, 0) is 40.8 Å². The molecule has 0 aliphatic carbocycles. The SMILES string of the molecule is C=CCOCC(C)(C)C(=O)Nc1ccc(F)[c-]c1F.C=CCOCC(C)(C)C(=O)Nc1ccc(F)[c-]c1F.[Ti+4].c1cc[cH-]c1.c1cc[cH-]c1. The van der Waals surface area contributed by atoms with Crippen LogP contribution in [0.5, 0.6) is 0 Å². The van der Waals surface area contributed by atoms with Gasteiger partial charge in [-0.3, -0.25) is 9.59 Å². The van der Waals surface area contributed by atoms with E-state index in [9.17, 15) is 27.2 Å². The van der Waals surface area contributed by atoms with Gasteiger partial charge in [-0.2, -0.15) is 36.4 Å². The van der Waals surface area contributed by atoms with Crippen molar-refractivity contribution < 1.29 is 58.3 Å². The second-order valence-corrected chi connectivity index (χ2v) is 11.3. The largest absolute Gasteiger partial charge is 4.00 e. The number of anilines is 2. The summed E-state index contributed by atoms with van der Waals surface area (Å²) in [6.45, 7) is 14.6. The molecule has 0 heterocycles. The molecule has 6 nitrogen and oxygen atoms in total. The number of carbonyl (C=O) groups excluding carboxylic acids is 2. The Labute approximate surface area is 301 Å². The van der Waals surface area contributed by atoms with Crippen LogP contribution in [0.15, 0.2) is 110 Å². The summed E-state index contributed by atoms with van der Waals surface area (Å²) in [4.78, 5) is 23.9. The molecule has 0 aromatic heterocycles. The standard InChI is InChI=1S/2C14H16F2NO2.2C5H5.Ti/c2*1-4-7-19-9-14(2,3)13(18)17-12-6-5-10(15)8-11(12)16;2*1-2-4-5-3-1;/h2*4-6H,1,7,9H2,2-3H3,(H,17,18);2*1-5H;/q4*-1;+4. The van der Waals surface area contributed by atoms with Crippen molar-refractivity contribution in [2.75, 3.05) is 37.1 Å². The zero-order valence-corrected chi connectivity index (χ0v) is 29.7. The van der Waals surface area contributed by atoms with Crippen LogP contribution in [0.2, 0.25) is 0 Å². The van der Waals surface area contributed by atoms with Gasteiger partial charge in [0.1, 0.15) is 0 Å². The summed E-state index contributed by atoms with van der Waals surface area (Å²) < 4.78 is 62.5. The van der Waals surface area contributed by atoms with Crippen molar-refractivity contribution in [1.82, 2.24) is 0 Å². The summed E-state index contributed by atoms with van der Waals surface area (Å²) in [7, 11) is 0. The Kier molecular flexibility index (Phi) is 22.1. The second-order valence-electron chi connectivity index (χ2n) is 11.3. The Morgan fingerprint density at radius 1 is 0.694 bits per heavy atom. The first-order valence-electron chi connectivity index (χ1n) is 14.8. The third kappa shape index (κ3) is 18.9. The number of carbonyl (C=O) groups is 2. The van der Waals surface area contributed by atoms with Gasteiger partial charge in [-0.25, -0.2) is 41.8 Å². The zero-order valence-electron chi connectivity index (χ0n) is 28.1. The Morgan fingerprint density at radius 3 is 1.27 bits per heavy atom. The van der Waals surface area contributed by atoms with E-state index in [0.29, 0.717) is 13.2 Å². The van der Waals surface area contributed by atoms with Crippen LogP contribution in [0.4, 0.5) is 28.9 Å². The molecule has 49 heavy (non-hydrogen) atoms. The smallest absolute Gasteiger partial charge is 0.376 e. The molecular weight excluding hydrogens is 672 g/mol. The summed E-state index contributed by atoms with van der Waals surface area (Å²) in [6.07, 6.45) is 3.14. The summed E-state index contributed by atoms with van der Waals surface area (Å²) >= 11 is 0. The molecule has 0 atom stereocenters. The van der Waals surface area contributed by atoms with Gasteiger partial charge >= 0.3 is 21.7 Å². The van der Waals surface area contributed by atoms with E-state index in [2.05, 4.69) is 23.8 Å². The molecule has 0 fully saturated rings. The first-order valence-corrected chi connectivity index (χ1v) is 14.8. The van der Waals surface area contributed by atoms with Crippen LogP contribution < -0.4 is 10.6 Å². The predicted molar refractivity (Wildman–Crippen MR) is 181 cm³/mol. The minimum Gasteiger partial charge on any atom is -0.376 e. The van der Waals surface area contributed by atoms with Crippen molar-refractivity contribution in [3.8, 4) is 0 Å². The molecule has 0 aliphatic rings. The summed E-state index contributed by atoms with van der Waals surface area (Å²) in [5.74, 6) is -4.34. The van der Waals surface area contributed by atoms with Gasteiger partial charge in [-0.1, -0.05) is 12.2 Å². The van der Waals surface area contributed by atoms with Gasteiger partial charge in [0.2, 0.25) is 11.8 Å². The topological polar surface area (TPSA) is 76.7 Å². The monoisotopic (exact) mass is 714 g/mol. The summed E-state index contributed by atoms with van der Waals surface area (Å²) in [5, 5.41) is 4.77. The van der Waals surface area contributed by atoms with Crippen molar-refractivity contribution >= 4 is 23.2 Å². The first-order chi connectivity index (χ1) is 22.7. The third-order valence-corrected chi connectivity index (χ3v) is 5.96. The molecule has 4 rings (SSSR count). The molecule has 0 spiro atoms. The maximum absolute atomic E-state index is 13.4. The quantitative estimate of drug-likeness (QED) is 0.0507. The molecule has 2 amide bonds. The molecule has 0 unspecified atom stereocenters. The normalized spacial score (nSPS) is 10.3. The maximum atomic E-state index is 13.4. The van der Waals surface area contributed by atoms with Crippen LogP contribution in [0.25, 0.3) is 0 Å². The van der Waals surface area contributed by atoms with Crippen molar-refractivity contribution in [1.29, 1.82) is 0 Å². The van der Waals surface area contributed by atoms with E-state index < -0.39 is 45.9 Å². The number of rotatable bonds is 12. The average molecular weight is 715 g/mol. The van der Waals surface area contributed by atoms with Gasteiger partial charge < -0.3 is 20.1 Å². The predicted octanol–water partition coefficient (Wildman–Crippen LogP) is 8.67. The fraction of sp³-hybridized carbons (Fsp3) is 0.263. The Bertz CT molecular complexity index is 1360. The van der Waals surface area contributed by atoms with E-state index in [-0.39, 0.29) is 46.3 Å². The molecule has 0 radical (unpaired) electrons. The van der Waals surface area contributed by atoms with Crippen LogP contribution in [0.1, 0.15) is 27.7 Å². The first kappa shape index (κ1) is 44.9. The van der Waals surface area contributed by atoms with Gasteiger partial charge in [-0.15, -0.1) is 49.6 Å². The molecule has 2 N–H and O–H groups in total. The van der Waals surface area contributed by atoms with Crippen molar-refractivity contribution in [3.63, 3.8) is 0 Å². The van der Waals surface area contributed by atoms with Gasteiger partial charge in [-0.05, 0) is 39.1 Å². The van der Waals surface area contributed by atoms with Gasteiger partial charge in [0, 0.05) is 23.3 Å². The molecule has 260 valence electrons. The van der Waals surface area contributed by atoms with E-state index in [0.717, 1.165) is 24.3 Å². The molecular formula is C38H42F4N2O4Ti. The van der Waals surface area contributed by atoms with E-state index in [4.69, 9.17) is 9.47 Å². The van der Waals surface area contributed by atoms with Crippen LogP contribution in [0.3, 0.4) is 0 Å². The molecule has 11 heteroatoms. The Balaban J connectivity index is 0.000000717. The number of hydrogen-bond acceptors (Lipinski definition) is 4. The number of benzene rings is 2. The van der Waals surface area contributed by atoms with Crippen molar-refractivity contribution in [2.24, 2.45) is 10.8 Å². The minimum atomic E-state index is -0.934. The van der Waals surface area contributed by atoms with E-state index in [1.54, 1.807) is 39.8 Å². The molecule has 0 saturated heterocycles. The van der Waals surface area contributed by atoms with Crippen LogP contribution in [0, 0.1) is 46.2 Å². The van der Waals surface area contributed by atoms with Crippen molar-refractivity contribution in [3.05, 3.63) is 146 Å². The molecule has 4 aromatic rings. The molecule has 4 aromatic carbocycles. The van der Waals surface area contributed by atoms with Gasteiger partial charge in [0.05, 0.1) is 37.3 Å². The maximum Gasteiger partial charge on any atom is 4.00 e. The van der Waals surface area contributed by atoms with Crippen LogP contribution in [-0.4, -0.2) is 38.2 Å². The number of halogens is 4. The second kappa shape index (κ2) is 24.1. The molecule has 0 aliphatic heterocycles. The number of hydrogen-bond donors (Lipinski definition) is 2. The molecule has 0 saturated carbocycles. The Hall–Kier alpha value is -4.09. The van der Waals surface area contributed by atoms with Crippen molar-refractivity contribution in [2.45, 2.75) is 27.7 Å². The number of ether oxygens (including phenoxy) is 2. The average Bonchev–Trinajstić information content (AvgIpc) is 3.81. The van der Waals surface area contributed by atoms with Crippen LogP contribution >= 0.6 is 0 Å². The van der Waals surface area contributed by atoms with E-state index in [1.165, 1.54) is 0 Å². The van der Waals surface area contributed by atoms with Gasteiger partial charge in [0.15, 0.2) is 0 Å². The summed E-state index contributed by atoms with van der Waals surface area (Å²) in [6, 6.07) is 28.1. The number of amides is 2. The fourth-order valence-corrected chi connectivity index (χ4v) is 3.23. The third-order valence-electron chi connectivity index (χ3n) is 5.96. The number of nitrogens with one attached hydrogen (secondary N) is 2. The van der Waals surface area contributed by atoms with Gasteiger partial charge in [0.25, 0.3) is 0 Å². The van der Waals surface area contributed by atoms with E-state index in [1.807, 2.05) is 72.8 Å². The minimum absolute atomic E-state index is 0. The van der Waals surface area contributed by atoms with E-state index >= 15 is 0 Å². The fourth-order valence-electron chi connectivity index (χ4n) is 3.23. The summed E-state index contributed by atoms with van der Waals surface area (Å²) in [5.41, 5.74) is -1.90. The molecule has 0 bridgehead atoms. The zero-order chi connectivity index (χ0) is 36.0.